The van der Waals surface area contributed by atoms with Crippen LogP contribution in [0.1, 0.15) is 21.5 Å². The van der Waals surface area contributed by atoms with Gasteiger partial charge in [0.05, 0.1) is 15.7 Å². The molecule has 34 heavy (non-hydrogen) atoms. The van der Waals surface area contributed by atoms with Gasteiger partial charge in [0.15, 0.2) is 0 Å². The molecule has 0 unspecified atom stereocenters. The lowest BCUT2D eigenvalue weighted by Gasteiger charge is -2.16. The van der Waals surface area contributed by atoms with Gasteiger partial charge in [-0.1, -0.05) is 53.0 Å². The Morgan fingerprint density at radius 1 is 0.853 bits per heavy atom. The highest BCUT2D eigenvalue weighted by Gasteiger charge is 2.39. The molecule has 0 fully saturated rings. The van der Waals surface area contributed by atoms with Gasteiger partial charge in [0.25, 0.3) is 17.7 Å². The number of carbonyl (C=O) groups is 3. The van der Waals surface area contributed by atoms with Crippen LogP contribution < -0.4 is 15.5 Å². The van der Waals surface area contributed by atoms with E-state index in [9.17, 15) is 14.4 Å². The Labute approximate surface area is 211 Å². The molecule has 1 heterocycles. The normalized spacial score (nSPS) is 13.5. The van der Waals surface area contributed by atoms with E-state index < -0.39 is 11.8 Å². The summed E-state index contributed by atoms with van der Waals surface area (Å²) in [6.07, 6.45) is 0. The Kier molecular flexibility index (Phi) is 6.66. The lowest BCUT2D eigenvalue weighted by molar-refractivity contribution is -0.120. The van der Waals surface area contributed by atoms with Crippen molar-refractivity contribution in [2.45, 2.75) is 13.8 Å². The number of nitrogens with one attached hydrogen (secondary N) is 2. The fourth-order valence-corrected chi connectivity index (χ4v) is 3.94. The van der Waals surface area contributed by atoms with Crippen molar-refractivity contribution in [1.29, 1.82) is 0 Å². The molecule has 0 radical (unpaired) electrons. The summed E-state index contributed by atoms with van der Waals surface area (Å²) in [6.45, 7) is 3.90. The highest BCUT2D eigenvalue weighted by atomic mass is 35.5. The Morgan fingerprint density at radius 2 is 1.59 bits per heavy atom. The van der Waals surface area contributed by atoms with Crippen LogP contribution in [0.2, 0.25) is 10.0 Å². The average molecular weight is 515 g/mol. The van der Waals surface area contributed by atoms with Crippen molar-refractivity contribution in [3.05, 3.63) is 98.1 Å². The van der Waals surface area contributed by atoms with Gasteiger partial charge in [-0.05, 0) is 67.4 Å². The number of rotatable bonds is 5. The summed E-state index contributed by atoms with van der Waals surface area (Å²) in [4.78, 5) is 39.4. The highest BCUT2D eigenvalue weighted by Crippen LogP contribution is 2.33. The molecule has 0 saturated heterocycles. The molecular weight excluding hydrogens is 497 g/mol. The average Bonchev–Trinajstić information content (AvgIpc) is 3.02. The van der Waals surface area contributed by atoms with Crippen molar-refractivity contribution in [2.24, 2.45) is 0 Å². The number of benzene rings is 3. The third kappa shape index (κ3) is 4.53. The molecule has 1 aliphatic rings. The van der Waals surface area contributed by atoms with Gasteiger partial charge in [-0.3, -0.25) is 14.4 Å². The quantitative estimate of drug-likeness (QED) is 0.392. The number of aryl methyl sites for hydroxylation is 1. The molecular formula is C25H18Cl3N3O3. The minimum atomic E-state index is -0.698. The largest absolute Gasteiger partial charge is 0.350 e. The van der Waals surface area contributed by atoms with E-state index in [-0.39, 0.29) is 32.4 Å². The van der Waals surface area contributed by atoms with Crippen molar-refractivity contribution >= 4 is 69.6 Å². The van der Waals surface area contributed by atoms with Crippen LogP contribution in [-0.4, -0.2) is 17.7 Å². The number of hydrogen-bond acceptors (Lipinski definition) is 4. The summed E-state index contributed by atoms with van der Waals surface area (Å²) in [5.41, 5.74) is 3.65. The van der Waals surface area contributed by atoms with Gasteiger partial charge in [0, 0.05) is 16.9 Å². The molecule has 6 nitrogen and oxygen atoms in total. The van der Waals surface area contributed by atoms with Crippen molar-refractivity contribution in [3.63, 3.8) is 0 Å². The second kappa shape index (κ2) is 9.50. The van der Waals surface area contributed by atoms with Crippen molar-refractivity contribution in [1.82, 2.24) is 0 Å². The van der Waals surface area contributed by atoms with Crippen LogP contribution in [0.3, 0.4) is 0 Å². The predicted molar refractivity (Wildman–Crippen MR) is 136 cm³/mol. The first-order valence-corrected chi connectivity index (χ1v) is 11.3. The van der Waals surface area contributed by atoms with Crippen LogP contribution in [0, 0.1) is 13.8 Å². The maximum absolute atomic E-state index is 13.0. The standard InChI is InChI=1S/C25H18Cl3N3O3/c1-13-5-3-8-20(14(13)2)30-23(32)15-6-4-7-16(11-15)29-22-21(28)24(33)31(25(22)34)17-9-10-18(26)19(27)12-17/h3-12,29H,1-2H3,(H,30,32). The van der Waals surface area contributed by atoms with Gasteiger partial charge in [-0.25, -0.2) is 4.90 Å². The first-order valence-electron chi connectivity index (χ1n) is 10.2. The Balaban J connectivity index is 1.56. The molecule has 172 valence electrons. The number of carbonyl (C=O) groups excluding carboxylic acids is 3. The smallest absolute Gasteiger partial charge is 0.283 e. The van der Waals surface area contributed by atoms with Crippen LogP contribution >= 0.6 is 34.8 Å². The molecule has 0 atom stereocenters. The van der Waals surface area contributed by atoms with E-state index >= 15 is 0 Å². The van der Waals surface area contributed by atoms with Crippen LogP contribution in [0.15, 0.2) is 71.4 Å². The zero-order valence-corrected chi connectivity index (χ0v) is 20.3. The third-order valence-corrected chi connectivity index (χ3v) is 6.53. The number of amides is 3. The first kappa shape index (κ1) is 23.8. The number of hydrogen-bond donors (Lipinski definition) is 2. The Hall–Kier alpha value is -3.32. The summed E-state index contributed by atoms with van der Waals surface area (Å²) < 4.78 is 0. The molecule has 0 aromatic heterocycles. The van der Waals surface area contributed by atoms with Gasteiger partial charge >= 0.3 is 0 Å². The molecule has 0 bridgehead atoms. The Morgan fingerprint density at radius 3 is 2.32 bits per heavy atom. The lowest BCUT2D eigenvalue weighted by atomic mass is 10.1. The number of nitrogens with zero attached hydrogens (tertiary/aromatic N) is 1. The highest BCUT2D eigenvalue weighted by molar-refractivity contribution is 6.53. The van der Waals surface area contributed by atoms with E-state index in [1.807, 2.05) is 32.0 Å². The molecule has 3 aromatic rings. The minimum absolute atomic E-state index is 0.107. The summed E-state index contributed by atoms with van der Waals surface area (Å²) >= 11 is 18.2. The zero-order chi connectivity index (χ0) is 24.6. The maximum atomic E-state index is 13.0. The molecule has 2 N–H and O–H groups in total. The van der Waals surface area contributed by atoms with E-state index in [1.54, 1.807) is 24.3 Å². The molecule has 4 rings (SSSR count). The summed E-state index contributed by atoms with van der Waals surface area (Å²) in [5, 5.41) is 5.97. The summed E-state index contributed by atoms with van der Waals surface area (Å²) in [7, 11) is 0. The van der Waals surface area contributed by atoms with E-state index in [4.69, 9.17) is 34.8 Å². The monoisotopic (exact) mass is 513 g/mol. The van der Waals surface area contributed by atoms with Gasteiger partial charge < -0.3 is 10.6 Å². The molecule has 0 aliphatic carbocycles. The molecule has 3 aromatic carbocycles. The topological polar surface area (TPSA) is 78.5 Å². The van der Waals surface area contributed by atoms with E-state index in [0.717, 1.165) is 16.0 Å². The van der Waals surface area contributed by atoms with Gasteiger partial charge in [0.1, 0.15) is 10.7 Å². The van der Waals surface area contributed by atoms with Gasteiger partial charge in [-0.2, -0.15) is 0 Å². The summed E-state index contributed by atoms with van der Waals surface area (Å²) in [5.74, 6) is -1.67. The number of anilines is 3. The fraction of sp³-hybridized carbons (Fsp3) is 0.0800. The van der Waals surface area contributed by atoms with Crippen LogP contribution in [0.4, 0.5) is 17.1 Å². The Bertz CT molecular complexity index is 1380. The van der Waals surface area contributed by atoms with E-state index in [1.165, 1.54) is 18.2 Å². The van der Waals surface area contributed by atoms with E-state index in [2.05, 4.69) is 10.6 Å². The predicted octanol–water partition coefficient (Wildman–Crippen LogP) is 6.30. The molecule has 0 spiro atoms. The molecule has 3 amide bonds. The minimum Gasteiger partial charge on any atom is -0.350 e. The first-order chi connectivity index (χ1) is 16.2. The molecule has 9 heteroatoms. The number of halogens is 3. The zero-order valence-electron chi connectivity index (χ0n) is 18.1. The second-order valence-corrected chi connectivity index (χ2v) is 8.83. The van der Waals surface area contributed by atoms with Crippen LogP contribution in [0.5, 0.6) is 0 Å². The SMILES string of the molecule is Cc1cccc(NC(=O)c2cccc(NC3=C(Cl)C(=O)N(c4ccc(Cl)c(Cl)c4)C3=O)c2)c1C. The summed E-state index contributed by atoms with van der Waals surface area (Å²) in [6, 6.07) is 16.6. The van der Waals surface area contributed by atoms with Crippen LogP contribution in [0.25, 0.3) is 0 Å². The van der Waals surface area contributed by atoms with Gasteiger partial charge in [0.2, 0.25) is 0 Å². The van der Waals surface area contributed by atoms with Crippen molar-refractivity contribution in [2.75, 3.05) is 15.5 Å². The van der Waals surface area contributed by atoms with Crippen LogP contribution in [-0.2, 0) is 9.59 Å². The van der Waals surface area contributed by atoms with Gasteiger partial charge in [-0.15, -0.1) is 0 Å². The van der Waals surface area contributed by atoms with E-state index in [0.29, 0.717) is 16.9 Å². The van der Waals surface area contributed by atoms with Crippen molar-refractivity contribution in [3.8, 4) is 0 Å². The lowest BCUT2D eigenvalue weighted by Crippen LogP contribution is -2.32. The number of imide groups is 1. The third-order valence-electron chi connectivity index (χ3n) is 5.44. The molecule has 1 aliphatic heterocycles. The molecule has 0 saturated carbocycles. The fourth-order valence-electron chi connectivity index (χ4n) is 3.43. The second-order valence-electron chi connectivity index (χ2n) is 7.64. The maximum Gasteiger partial charge on any atom is 0.283 e. The van der Waals surface area contributed by atoms with Crippen molar-refractivity contribution < 1.29 is 14.4 Å².